The molecule has 2 aromatic carbocycles. The molecule has 0 saturated carbocycles. The van der Waals surface area contributed by atoms with Crippen molar-refractivity contribution in [3.05, 3.63) is 59.8 Å². The van der Waals surface area contributed by atoms with Crippen LogP contribution in [0, 0.1) is 5.41 Å². The number of nitrogens with zero attached hydrogens (tertiary/aromatic N) is 1. The molecule has 0 atom stereocenters. The Morgan fingerprint density at radius 1 is 1.18 bits per heavy atom. The van der Waals surface area contributed by atoms with E-state index in [1.807, 2.05) is 0 Å². The summed E-state index contributed by atoms with van der Waals surface area (Å²) < 4.78 is 10.4. The Hall–Kier alpha value is -3.94. The van der Waals surface area contributed by atoms with Crippen molar-refractivity contribution in [3.8, 4) is 11.3 Å². The molecule has 0 aliphatic rings. The number of benzene rings is 2. The van der Waals surface area contributed by atoms with E-state index >= 15 is 0 Å². The van der Waals surface area contributed by atoms with Crippen molar-refractivity contribution >= 4 is 35.5 Å². The van der Waals surface area contributed by atoms with Gasteiger partial charge in [0.25, 0.3) is 6.01 Å². The Kier molecular flexibility index (Phi) is 5.50. The highest BCUT2D eigenvalue weighted by atomic mass is 16.5. The standard InChI is InChI=1S/C20H18N4O4/c1-12(25)23-17-8-7-16(9-15(17)10-21)24-20-22-11-18(28-20)13-3-5-14(6-4-13)19(26)27-2/h3-11,21H,1-2H3,(H,22,24)(H,23,25). The van der Waals surface area contributed by atoms with E-state index in [-0.39, 0.29) is 11.9 Å². The maximum absolute atomic E-state index is 11.5. The third-order valence-corrected chi connectivity index (χ3v) is 3.87. The Morgan fingerprint density at radius 2 is 1.93 bits per heavy atom. The van der Waals surface area contributed by atoms with Crippen LogP contribution >= 0.6 is 0 Å². The number of methoxy groups -OCH3 is 1. The molecule has 142 valence electrons. The molecule has 1 amide bonds. The van der Waals surface area contributed by atoms with Crippen LogP contribution in [0.15, 0.2) is 53.1 Å². The van der Waals surface area contributed by atoms with Crippen LogP contribution in [0.5, 0.6) is 0 Å². The fraction of sp³-hybridized carbons (Fsp3) is 0.100. The molecule has 0 aliphatic heterocycles. The Balaban J connectivity index is 1.76. The van der Waals surface area contributed by atoms with E-state index in [2.05, 4.69) is 20.4 Å². The molecule has 0 aliphatic carbocycles. The van der Waals surface area contributed by atoms with Crippen molar-refractivity contribution in [2.45, 2.75) is 6.92 Å². The lowest BCUT2D eigenvalue weighted by Crippen LogP contribution is -2.08. The molecule has 3 rings (SSSR count). The zero-order valence-electron chi connectivity index (χ0n) is 15.3. The second-order valence-corrected chi connectivity index (χ2v) is 5.85. The molecule has 3 aromatic rings. The monoisotopic (exact) mass is 378 g/mol. The minimum absolute atomic E-state index is 0.209. The average Bonchev–Trinajstić information content (AvgIpc) is 3.16. The number of anilines is 3. The van der Waals surface area contributed by atoms with Crippen LogP contribution in [-0.4, -0.2) is 30.2 Å². The molecule has 8 nitrogen and oxygen atoms in total. The molecule has 0 unspecified atom stereocenters. The number of hydrogen-bond donors (Lipinski definition) is 3. The highest BCUT2D eigenvalue weighted by Gasteiger charge is 2.10. The first kappa shape index (κ1) is 18.8. The Morgan fingerprint density at radius 3 is 2.57 bits per heavy atom. The lowest BCUT2D eigenvalue weighted by molar-refractivity contribution is -0.114. The Labute approximate surface area is 161 Å². The Bertz CT molecular complexity index is 1020. The number of hydrogen-bond acceptors (Lipinski definition) is 7. The van der Waals surface area contributed by atoms with E-state index in [1.165, 1.54) is 14.0 Å². The van der Waals surface area contributed by atoms with Gasteiger partial charge < -0.3 is 25.2 Å². The minimum atomic E-state index is -0.406. The summed E-state index contributed by atoms with van der Waals surface area (Å²) in [4.78, 5) is 26.9. The van der Waals surface area contributed by atoms with Crippen molar-refractivity contribution in [2.75, 3.05) is 17.7 Å². The fourth-order valence-electron chi connectivity index (χ4n) is 2.54. The van der Waals surface area contributed by atoms with Crippen molar-refractivity contribution < 1.29 is 18.7 Å². The van der Waals surface area contributed by atoms with Gasteiger partial charge in [-0.05, 0) is 30.3 Å². The van der Waals surface area contributed by atoms with Crippen molar-refractivity contribution in [3.63, 3.8) is 0 Å². The molecule has 28 heavy (non-hydrogen) atoms. The first-order chi connectivity index (χ1) is 13.5. The number of aromatic nitrogens is 1. The van der Waals surface area contributed by atoms with Gasteiger partial charge in [-0.15, -0.1) is 0 Å². The van der Waals surface area contributed by atoms with Gasteiger partial charge in [0.05, 0.1) is 18.9 Å². The second-order valence-electron chi connectivity index (χ2n) is 5.85. The molecule has 3 N–H and O–H groups in total. The quantitative estimate of drug-likeness (QED) is 0.443. The first-order valence-corrected chi connectivity index (χ1v) is 8.34. The first-order valence-electron chi connectivity index (χ1n) is 8.34. The van der Waals surface area contributed by atoms with Crippen LogP contribution in [0.25, 0.3) is 11.3 Å². The van der Waals surface area contributed by atoms with E-state index in [1.54, 1.807) is 48.7 Å². The SMILES string of the molecule is COC(=O)c1ccc(-c2cnc(Nc3ccc(NC(C)=O)c(C=N)c3)o2)cc1. The number of esters is 1. The van der Waals surface area contributed by atoms with Gasteiger partial charge in [0.15, 0.2) is 5.76 Å². The molecule has 8 heteroatoms. The molecular formula is C20H18N4O4. The van der Waals surface area contributed by atoms with Crippen LogP contribution in [-0.2, 0) is 9.53 Å². The maximum Gasteiger partial charge on any atom is 0.337 e. The summed E-state index contributed by atoms with van der Waals surface area (Å²) in [7, 11) is 1.33. The minimum Gasteiger partial charge on any atom is -0.465 e. The number of carbonyl (C=O) groups is 2. The number of nitrogens with one attached hydrogen (secondary N) is 3. The average molecular weight is 378 g/mol. The third kappa shape index (κ3) is 4.24. The predicted octanol–water partition coefficient (Wildman–Crippen LogP) is 3.83. The molecule has 1 aromatic heterocycles. The smallest absolute Gasteiger partial charge is 0.337 e. The molecule has 0 spiro atoms. The molecule has 0 fully saturated rings. The molecular weight excluding hydrogens is 360 g/mol. The van der Waals surface area contributed by atoms with Crippen LogP contribution in [0.3, 0.4) is 0 Å². The number of oxazole rings is 1. The van der Waals surface area contributed by atoms with Crippen LogP contribution in [0.4, 0.5) is 17.4 Å². The van der Waals surface area contributed by atoms with Gasteiger partial charge in [-0.25, -0.2) is 9.78 Å². The topological polar surface area (TPSA) is 117 Å². The zero-order valence-corrected chi connectivity index (χ0v) is 15.3. The summed E-state index contributed by atoms with van der Waals surface area (Å²) in [6.45, 7) is 1.41. The highest BCUT2D eigenvalue weighted by molar-refractivity contribution is 5.96. The normalized spacial score (nSPS) is 10.2. The van der Waals surface area contributed by atoms with Gasteiger partial charge in [0, 0.05) is 35.6 Å². The van der Waals surface area contributed by atoms with Crippen LogP contribution in [0.2, 0.25) is 0 Å². The summed E-state index contributed by atoms with van der Waals surface area (Å²) >= 11 is 0. The highest BCUT2D eigenvalue weighted by Crippen LogP contribution is 2.26. The third-order valence-electron chi connectivity index (χ3n) is 3.87. The lowest BCUT2D eigenvalue weighted by atomic mass is 10.1. The maximum atomic E-state index is 11.5. The summed E-state index contributed by atoms with van der Waals surface area (Å²) in [6.07, 6.45) is 2.72. The van der Waals surface area contributed by atoms with Crippen molar-refractivity contribution in [1.29, 1.82) is 5.41 Å². The van der Waals surface area contributed by atoms with Crippen molar-refractivity contribution in [2.24, 2.45) is 0 Å². The predicted molar refractivity (Wildman–Crippen MR) is 105 cm³/mol. The summed E-state index contributed by atoms with van der Waals surface area (Å²) in [5, 5.41) is 13.2. The molecule has 1 heterocycles. The summed E-state index contributed by atoms with van der Waals surface area (Å²) in [6, 6.07) is 12.2. The summed E-state index contributed by atoms with van der Waals surface area (Å²) in [5.74, 6) is -0.0865. The van der Waals surface area contributed by atoms with E-state index in [0.717, 1.165) is 11.8 Å². The van der Waals surface area contributed by atoms with Gasteiger partial charge in [0.2, 0.25) is 5.91 Å². The van der Waals surface area contributed by atoms with E-state index in [0.29, 0.717) is 28.3 Å². The zero-order chi connectivity index (χ0) is 20.1. The second kappa shape index (κ2) is 8.17. The van der Waals surface area contributed by atoms with Crippen LogP contribution < -0.4 is 10.6 Å². The number of ether oxygens (including phenoxy) is 1. The molecule has 0 radical (unpaired) electrons. The van der Waals surface area contributed by atoms with E-state index < -0.39 is 5.97 Å². The lowest BCUT2D eigenvalue weighted by Gasteiger charge is -2.09. The van der Waals surface area contributed by atoms with Crippen molar-refractivity contribution in [1.82, 2.24) is 4.98 Å². The van der Waals surface area contributed by atoms with Gasteiger partial charge in [-0.3, -0.25) is 4.79 Å². The van der Waals surface area contributed by atoms with E-state index in [4.69, 9.17) is 9.83 Å². The number of carbonyl (C=O) groups excluding carboxylic acids is 2. The van der Waals surface area contributed by atoms with Gasteiger partial charge in [-0.1, -0.05) is 12.1 Å². The number of rotatable bonds is 6. The molecule has 0 bridgehead atoms. The fourth-order valence-corrected chi connectivity index (χ4v) is 2.54. The number of amides is 1. The van der Waals surface area contributed by atoms with Gasteiger partial charge >= 0.3 is 5.97 Å². The van der Waals surface area contributed by atoms with E-state index in [9.17, 15) is 9.59 Å². The summed E-state index contributed by atoms with van der Waals surface area (Å²) in [5.41, 5.74) is 2.95. The van der Waals surface area contributed by atoms with Gasteiger partial charge in [-0.2, -0.15) is 0 Å². The largest absolute Gasteiger partial charge is 0.465 e. The van der Waals surface area contributed by atoms with Gasteiger partial charge in [0.1, 0.15) is 0 Å². The van der Waals surface area contributed by atoms with Crippen LogP contribution in [0.1, 0.15) is 22.8 Å². The molecule has 0 saturated heterocycles.